The normalized spacial score (nSPS) is 12.9. The number of aryl methyl sites for hydroxylation is 1. The van der Waals surface area contributed by atoms with Crippen LogP contribution in [-0.2, 0) is 18.2 Å². The summed E-state index contributed by atoms with van der Waals surface area (Å²) in [6.07, 6.45) is -10.1. The van der Waals surface area contributed by atoms with Crippen molar-refractivity contribution in [2.45, 2.75) is 25.2 Å². The molecule has 0 fully saturated rings. The Morgan fingerprint density at radius 2 is 1.35 bits per heavy atom. The fourth-order valence-electron chi connectivity index (χ4n) is 1.37. The molecule has 0 aromatic heterocycles. The van der Waals surface area contributed by atoms with E-state index < -0.39 is 23.5 Å². The van der Waals surface area contributed by atoms with Crippen molar-refractivity contribution in [1.82, 2.24) is 0 Å². The first kappa shape index (κ1) is 14.2. The van der Waals surface area contributed by atoms with Crippen molar-refractivity contribution in [3.63, 3.8) is 0 Å². The smallest absolute Gasteiger partial charge is 0.166 e. The SMILES string of the molecule is Cc1cc(C(F)(F)F)c(C(F)(F)F)cc1CCl. The quantitative estimate of drug-likeness (QED) is 0.512. The van der Waals surface area contributed by atoms with Gasteiger partial charge in [-0.1, -0.05) is 0 Å². The van der Waals surface area contributed by atoms with Crippen LogP contribution >= 0.6 is 11.6 Å². The highest BCUT2D eigenvalue weighted by molar-refractivity contribution is 6.17. The van der Waals surface area contributed by atoms with E-state index in [1.165, 1.54) is 6.92 Å². The highest BCUT2D eigenvalue weighted by Gasteiger charge is 2.43. The Bertz CT molecular complexity index is 418. The van der Waals surface area contributed by atoms with Gasteiger partial charge < -0.3 is 0 Å². The summed E-state index contributed by atoms with van der Waals surface area (Å²) >= 11 is 5.37. The van der Waals surface area contributed by atoms with E-state index in [9.17, 15) is 26.3 Å². The zero-order chi connectivity index (χ0) is 13.4. The van der Waals surface area contributed by atoms with Crippen molar-refractivity contribution < 1.29 is 26.3 Å². The van der Waals surface area contributed by atoms with Crippen molar-refractivity contribution in [2.24, 2.45) is 0 Å². The summed E-state index contributed by atoms with van der Waals surface area (Å²) in [5.74, 6) is -0.271. The largest absolute Gasteiger partial charge is 0.417 e. The van der Waals surface area contributed by atoms with E-state index in [0.717, 1.165) is 0 Å². The average molecular weight is 277 g/mol. The number of rotatable bonds is 1. The molecular formula is C10H7ClF6. The van der Waals surface area contributed by atoms with Crippen molar-refractivity contribution in [3.8, 4) is 0 Å². The Kier molecular flexibility index (Phi) is 3.66. The van der Waals surface area contributed by atoms with Crippen LogP contribution < -0.4 is 0 Å². The maximum absolute atomic E-state index is 12.5. The summed E-state index contributed by atoms with van der Waals surface area (Å²) in [5.41, 5.74) is -3.27. The summed E-state index contributed by atoms with van der Waals surface area (Å²) in [6, 6.07) is 0.922. The lowest BCUT2D eigenvalue weighted by molar-refractivity contribution is -0.162. The Hall–Kier alpha value is -0.910. The first-order chi connectivity index (χ1) is 7.57. The number of hydrogen-bond donors (Lipinski definition) is 0. The molecule has 0 aliphatic carbocycles. The van der Waals surface area contributed by atoms with Gasteiger partial charge in [-0.15, -0.1) is 11.6 Å². The van der Waals surface area contributed by atoms with Crippen LogP contribution in [0.15, 0.2) is 12.1 Å². The standard InChI is InChI=1S/C10H7ClF6/c1-5-2-7(9(12,13)14)8(10(15,16)17)3-6(5)4-11/h2-3H,4H2,1H3. The molecule has 0 aliphatic heterocycles. The Morgan fingerprint density at radius 1 is 0.941 bits per heavy atom. The van der Waals surface area contributed by atoms with E-state index in [1.807, 2.05) is 0 Å². The zero-order valence-electron chi connectivity index (χ0n) is 8.51. The van der Waals surface area contributed by atoms with E-state index in [1.54, 1.807) is 0 Å². The van der Waals surface area contributed by atoms with Gasteiger partial charge in [0.2, 0.25) is 0 Å². The number of alkyl halides is 7. The van der Waals surface area contributed by atoms with Gasteiger partial charge >= 0.3 is 12.4 Å². The Balaban J connectivity index is 3.54. The van der Waals surface area contributed by atoms with Crippen molar-refractivity contribution in [1.29, 1.82) is 0 Å². The number of hydrogen-bond acceptors (Lipinski definition) is 0. The molecule has 0 heterocycles. The van der Waals surface area contributed by atoms with Gasteiger partial charge in [-0.3, -0.25) is 0 Å². The predicted molar refractivity (Wildman–Crippen MR) is 50.7 cm³/mol. The van der Waals surface area contributed by atoms with Crippen LogP contribution in [0.5, 0.6) is 0 Å². The minimum atomic E-state index is -5.06. The summed E-state index contributed by atoms with van der Waals surface area (Å²) < 4.78 is 74.8. The third-order valence-electron chi connectivity index (χ3n) is 2.23. The van der Waals surface area contributed by atoms with Gasteiger partial charge in [0.15, 0.2) is 0 Å². The molecule has 1 aromatic rings. The second-order valence-corrected chi connectivity index (χ2v) is 3.72. The average Bonchev–Trinajstić information content (AvgIpc) is 2.14. The zero-order valence-corrected chi connectivity index (χ0v) is 9.26. The molecule has 0 amide bonds. The van der Waals surface area contributed by atoms with Gasteiger partial charge in [-0.05, 0) is 30.2 Å². The molecule has 7 heteroatoms. The first-order valence-corrected chi connectivity index (χ1v) is 4.94. The van der Waals surface area contributed by atoms with Crippen molar-refractivity contribution in [3.05, 3.63) is 34.4 Å². The maximum Gasteiger partial charge on any atom is 0.417 e. The molecule has 0 spiro atoms. The molecule has 0 bridgehead atoms. The highest BCUT2D eigenvalue weighted by atomic mass is 35.5. The summed E-state index contributed by atoms with van der Waals surface area (Å²) in [4.78, 5) is 0. The van der Waals surface area contributed by atoms with Crippen molar-refractivity contribution in [2.75, 3.05) is 0 Å². The summed E-state index contributed by atoms with van der Waals surface area (Å²) in [5, 5.41) is 0. The molecule has 0 nitrogen and oxygen atoms in total. The molecule has 0 aliphatic rings. The van der Waals surface area contributed by atoms with E-state index in [-0.39, 0.29) is 17.0 Å². The molecule has 0 radical (unpaired) electrons. The van der Waals surface area contributed by atoms with Crippen LogP contribution in [0.2, 0.25) is 0 Å². The Morgan fingerprint density at radius 3 is 1.71 bits per heavy atom. The second kappa shape index (κ2) is 4.40. The molecule has 1 rings (SSSR count). The van der Waals surface area contributed by atoms with Gasteiger partial charge in [0.05, 0.1) is 11.1 Å². The van der Waals surface area contributed by atoms with Gasteiger partial charge in [0.1, 0.15) is 0 Å². The molecule has 0 N–H and O–H groups in total. The topological polar surface area (TPSA) is 0 Å². The van der Waals surface area contributed by atoms with E-state index in [4.69, 9.17) is 11.6 Å². The van der Waals surface area contributed by atoms with Gasteiger partial charge in [0, 0.05) is 5.88 Å². The maximum atomic E-state index is 12.5. The highest BCUT2D eigenvalue weighted by Crippen LogP contribution is 2.41. The van der Waals surface area contributed by atoms with Crippen LogP contribution in [-0.4, -0.2) is 0 Å². The molecule has 0 unspecified atom stereocenters. The van der Waals surface area contributed by atoms with Crippen LogP contribution in [0, 0.1) is 6.92 Å². The van der Waals surface area contributed by atoms with Gasteiger partial charge in [-0.2, -0.15) is 26.3 Å². The van der Waals surface area contributed by atoms with Crippen LogP contribution in [0.3, 0.4) is 0 Å². The van der Waals surface area contributed by atoms with Crippen molar-refractivity contribution >= 4 is 11.6 Å². The predicted octanol–water partition coefficient (Wildman–Crippen LogP) is 4.77. The molecule has 17 heavy (non-hydrogen) atoms. The molecule has 1 aromatic carbocycles. The molecular weight excluding hydrogens is 270 g/mol. The molecule has 0 atom stereocenters. The first-order valence-electron chi connectivity index (χ1n) is 4.41. The van der Waals surface area contributed by atoms with Gasteiger partial charge in [-0.25, -0.2) is 0 Å². The summed E-state index contributed by atoms with van der Waals surface area (Å²) in [7, 11) is 0. The molecule has 96 valence electrons. The van der Waals surface area contributed by atoms with Crippen LogP contribution in [0.25, 0.3) is 0 Å². The lowest BCUT2D eigenvalue weighted by atomic mass is 9.99. The molecule has 0 saturated carbocycles. The second-order valence-electron chi connectivity index (χ2n) is 3.45. The summed E-state index contributed by atoms with van der Waals surface area (Å²) in [6.45, 7) is 1.28. The Labute approximate surface area is 98.2 Å². The lowest BCUT2D eigenvalue weighted by Crippen LogP contribution is -2.17. The third kappa shape index (κ3) is 3.06. The monoisotopic (exact) mass is 276 g/mol. The fraction of sp³-hybridized carbons (Fsp3) is 0.400. The van der Waals surface area contributed by atoms with Gasteiger partial charge in [0.25, 0.3) is 0 Å². The van der Waals surface area contributed by atoms with E-state index >= 15 is 0 Å². The fourth-order valence-corrected chi connectivity index (χ4v) is 1.65. The van der Waals surface area contributed by atoms with E-state index in [2.05, 4.69) is 0 Å². The lowest BCUT2D eigenvalue weighted by Gasteiger charge is -2.17. The minimum absolute atomic E-state index is 0.0343. The third-order valence-corrected chi connectivity index (χ3v) is 2.52. The van der Waals surface area contributed by atoms with Crippen LogP contribution in [0.1, 0.15) is 22.3 Å². The minimum Gasteiger partial charge on any atom is -0.166 e. The van der Waals surface area contributed by atoms with Crippen LogP contribution in [0.4, 0.5) is 26.3 Å². The van der Waals surface area contributed by atoms with E-state index in [0.29, 0.717) is 12.1 Å². The number of halogens is 7. The molecule has 0 saturated heterocycles. The number of benzene rings is 1.